The SMILES string of the molecule is CC(=O)O.CCCS(=O)(=O)Nc1ccc(OCc2ccccc2)cc1. The maximum atomic E-state index is 11.7. The fourth-order valence-electron chi connectivity index (χ4n) is 1.86. The predicted octanol–water partition coefficient (Wildman–Crippen LogP) is 3.51. The fourth-order valence-corrected chi connectivity index (χ4v) is 2.99. The highest BCUT2D eigenvalue weighted by Gasteiger charge is 2.08. The van der Waals surface area contributed by atoms with Crippen molar-refractivity contribution in [3.8, 4) is 5.75 Å². The van der Waals surface area contributed by atoms with E-state index in [-0.39, 0.29) is 5.75 Å². The summed E-state index contributed by atoms with van der Waals surface area (Å²) in [7, 11) is -3.24. The van der Waals surface area contributed by atoms with Gasteiger partial charge >= 0.3 is 0 Å². The maximum Gasteiger partial charge on any atom is 0.300 e. The average Bonchev–Trinajstić information content (AvgIpc) is 2.54. The van der Waals surface area contributed by atoms with Gasteiger partial charge in [0, 0.05) is 12.6 Å². The molecule has 6 nitrogen and oxygen atoms in total. The summed E-state index contributed by atoms with van der Waals surface area (Å²) in [5.74, 6) is -0.00324. The number of hydrogen-bond donors (Lipinski definition) is 2. The van der Waals surface area contributed by atoms with Crippen LogP contribution >= 0.6 is 0 Å². The predicted molar refractivity (Wildman–Crippen MR) is 98.2 cm³/mol. The highest BCUT2D eigenvalue weighted by Crippen LogP contribution is 2.18. The highest BCUT2D eigenvalue weighted by molar-refractivity contribution is 7.92. The van der Waals surface area contributed by atoms with Crippen LogP contribution in [0.15, 0.2) is 54.6 Å². The van der Waals surface area contributed by atoms with Crippen LogP contribution in [0.25, 0.3) is 0 Å². The summed E-state index contributed by atoms with van der Waals surface area (Å²) in [6.07, 6.45) is 0.591. The zero-order chi connectivity index (χ0) is 18.7. The van der Waals surface area contributed by atoms with Crippen LogP contribution in [0, 0.1) is 0 Å². The number of benzene rings is 2. The Morgan fingerprint density at radius 1 is 1.08 bits per heavy atom. The van der Waals surface area contributed by atoms with Gasteiger partial charge in [0.25, 0.3) is 5.97 Å². The van der Waals surface area contributed by atoms with Crippen molar-refractivity contribution in [2.24, 2.45) is 0 Å². The molecule has 0 heterocycles. The van der Waals surface area contributed by atoms with Crippen LogP contribution < -0.4 is 9.46 Å². The molecule has 0 radical (unpaired) electrons. The van der Waals surface area contributed by atoms with E-state index in [2.05, 4.69) is 4.72 Å². The van der Waals surface area contributed by atoms with Gasteiger partial charge in [-0.15, -0.1) is 0 Å². The molecule has 0 spiro atoms. The number of hydrogen-bond acceptors (Lipinski definition) is 4. The highest BCUT2D eigenvalue weighted by atomic mass is 32.2. The number of rotatable bonds is 7. The van der Waals surface area contributed by atoms with Gasteiger partial charge in [-0.3, -0.25) is 9.52 Å². The van der Waals surface area contributed by atoms with Gasteiger partial charge in [0.2, 0.25) is 10.0 Å². The molecule has 2 aromatic carbocycles. The first-order valence-corrected chi connectivity index (χ1v) is 9.44. The quantitative estimate of drug-likeness (QED) is 0.783. The Balaban J connectivity index is 0.000000705. The largest absolute Gasteiger partial charge is 0.489 e. The van der Waals surface area contributed by atoms with Gasteiger partial charge in [-0.2, -0.15) is 0 Å². The molecule has 2 rings (SSSR count). The Bertz CT molecular complexity index is 739. The Labute approximate surface area is 148 Å². The molecule has 0 saturated carbocycles. The van der Waals surface area contributed by atoms with E-state index in [1.165, 1.54) is 0 Å². The molecular formula is C18H23NO5S. The van der Waals surface area contributed by atoms with Crippen molar-refractivity contribution >= 4 is 21.7 Å². The molecule has 0 saturated heterocycles. The minimum atomic E-state index is -3.24. The van der Waals surface area contributed by atoms with E-state index in [4.69, 9.17) is 14.6 Å². The van der Waals surface area contributed by atoms with E-state index >= 15 is 0 Å². The molecule has 25 heavy (non-hydrogen) atoms. The zero-order valence-corrected chi connectivity index (χ0v) is 15.1. The van der Waals surface area contributed by atoms with Gasteiger partial charge in [-0.05, 0) is 36.2 Å². The second kappa shape index (κ2) is 10.4. The van der Waals surface area contributed by atoms with Crippen LogP contribution in [0.5, 0.6) is 5.75 Å². The number of nitrogens with one attached hydrogen (secondary N) is 1. The van der Waals surface area contributed by atoms with Crippen LogP contribution in [0.1, 0.15) is 25.8 Å². The minimum absolute atomic E-state index is 0.124. The summed E-state index contributed by atoms with van der Waals surface area (Å²) < 4.78 is 31.5. The van der Waals surface area contributed by atoms with E-state index in [0.29, 0.717) is 24.5 Å². The molecule has 0 atom stereocenters. The third kappa shape index (κ3) is 9.36. The lowest BCUT2D eigenvalue weighted by atomic mass is 10.2. The van der Waals surface area contributed by atoms with Gasteiger partial charge in [-0.25, -0.2) is 8.42 Å². The van der Waals surface area contributed by atoms with E-state index in [1.54, 1.807) is 24.3 Å². The first kappa shape index (κ1) is 20.5. The van der Waals surface area contributed by atoms with Crippen LogP contribution in [0.2, 0.25) is 0 Å². The van der Waals surface area contributed by atoms with E-state index in [9.17, 15) is 8.42 Å². The van der Waals surface area contributed by atoms with Gasteiger partial charge in [0.1, 0.15) is 12.4 Å². The smallest absolute Gasteiger partial charge is 0.300 e. The summed E-state index contributed by atoms with van der Waals surface area (Å²) in [5.41, 5.74) is 1.64. The number of carbonyl (C=O) groups is 1. The molecule has 0 fully saturated rings. The monoisotopic (exact) mass is 365 g/mol. The Morgan fingerprint density at radius 2 is 1.64 bits per heavy atom. The first-order chi connectivity index (χ1) is 11.8. The Kier molecular flexibility index (Phi) is 8.49. The summed E-state index contributed by atoms with van der Waals surface area (Å²) in [4.78, 5) is 9.00. The number of carboxylic acid groups (broad SMARTS) is 1. The van der Waals surface area contributed by atoms with Crippen molar-refractivity contribution in [3.63, 3.8) is 0 Å². The van der Waals surface area contributed by atoms with Crippen LogP contribution in [0.3, 0.4) is 0 Å². The molecule has 0 bridgehead atoms. The minimum Gasteiger partial charge on any atom is -0.489 e. The van der Waals surface area contributed by atoms with Crippen LogP contribution in [-0.2, 0) is 21.4 Å². The molecule has 2 N–H and O–H groups in total. The average molecular weight is 365 g/mol. The molecule has 7 heteroatoms. The molecular weight excluding hydrogens is 342 g/mol. The molecule has 0 aromatic heterocycles. The second-order valence-corrected chi connectivity index (χ2v) is 7.08. The number of carboxylic acids is 1. The van der Waals surface area contributed by atoms with E-state index in [1.807, 2.05) is 37.3 Å². The number of ether oxygens (including phenoxy) is 1. The third-order valence-electron chi connectivity index (χ3n) is 2.85. The van der Waals surface area contributed by atoms with Crippen molar-refractivity contribution in [2.45, 2.75) is 26.9 Å². The van der Waals surface area contributed by atoms with Crippen molar-refractivity contribution in [2.75, 3.05) is 10.5 Å². The number of aliphatic carboxylic acids is 1. The van der Waals surface area contributed by atoms with Crippen molar-refractivity contribution in [1.82, 2.24) is 0 Å². The van der Waals surface area contributed by atoms with E-state index < -0.39 is 16.0 Å². The molecule has 0 aliphatic rings. The first-order valence-electron chi connectivity index (χ1n) is 7.79. The fraction of sp³-hybridized carbons (Fsp3) is 0.278. The van der Waals surface area contributed by atoms with Gasteiger partial charge < -0.3 is 9.84 Å². The molecule has 136 valence electrons. The summed E-state index contributed by atoms with van der Waals surface area (Å²) >= 11 is 0. The Hall–Kier alpha value is -2.54. The summed E-state index contributed by atoms with van der Waals surface area (Å²) in [5, 5.41) is 7.42. The van der Waals surface area contributed by atoms with Crippen molar-refractivity contribution in [3.05, 3.63) is 60.2 Å². The molecule has 0 aliphatic heterocycles. The number of sulfonamides is 1. The lowest BCUT2D eigenvalue weighted by Gasteiger charge is -2.09. The lowest BCUT2D eigenvalue weighted by Crippen LogP contribution is -2.15. The third-order valence-corrected chi connectivity index (χ3v) is 4.34. The van der Waals surface area contributed by atoms with Crippen molar-refractivity contribution in [1.29, 1.82) is 0 Å². The lowest BCUT2D eigenvalue weighted by molar-refractivity contribution is -0.134. The number of anilines is 1. The van der Waals surface area contributed by atoms with Gasteiger partial charge in [-0.1, -0.05) is 37.3 Å². The maximum absolute atomic E-state index is 11.7. The Morgan fingerprint density at radius 3 is 2.16 bits per heavy atom. The normalized spacial score (nSPS) is 10.3. The topological polar surface area (TPSA) is 92.7 Å². The molecule has 2 aromatic rings. The standard InChI is InChI=1S/C16H19NO3S.C2H4O2/c1-2-12-21(18,19)17-15-8-10-16(11-9-15)20-13-14-6-4-3-5-7-14;1-2(3)4/h3-11,17H,2,12-13H2,1H3;1H3,(H,3,4). The zero-order valence-electron chi connectivity index (χ0n) is 14.3. The summed E-state index contributed by atoms with van der Waals surface area (Å²) in [6, 6.07) is 16.8. The van der Waals surface area contributed by atoms with Crippen LogP contribution in [-0.4, -0.2) is 25.2 Å². The second-order valence-electron chi connectivity index (χ2n) is 5.24. The molecule has 0 aliphatic carbocycles. The molecule has 0 amide bonds. The molecule has 0 unspecified atom stereocenters. The van der Waals surface area contributed by atoms with Crippen LogP contribution in [0.4, 0.5) is 5.69 Å². The van der Waals surface area contributed by atoms with Gasteiger partial charge in [0.05, 0.1) is 5.75 Å². The van der Waals surface area contributed by atoms with Crippen molar-refractivity contribution < 1.29 is 23.1 Å². The van der Waals surface area contributed by atoms with Gasteiger partial charge in [0.15, 0.2) is 0 Å². The van der Waals surface area contributed by atoms with E-state index in [0.717, 1.165) is 12.5 Å². The summed E-state index contributed by atoms with van der Waals surface area (Å²) in [6.45, 7) is 3.40.